The second-order valence-corrected chi connectivity index (χ2v) is 5.84. The van der Waals surface area contributed by atoms with Gasteiger partial charge in [-0.15, -0.1) is 0 Å². The van der Waals surface area contributed by atoms with Crippen LogP contribution in [0.1, 0.15) is 29.7 Å². The molecule has 1 saturated heterocycles. The van der Waals surface area contributed by atoms with Crippen LogP contribution >= 0.6 is 0 Å². The molecule has 1 aromatic heterocycles. The average Bonchev–Trinajstić information content (AvgIpc) is 2.48. The number of aromatic nitrogens is 2. The summed E-state index contributed by atoms with van der Waals surface area (Å²) in [6.07, 6.45) is 4.75. The van der Waals surface area contributed by atoms with E-state index in [4.69, 9.17) is 10.7 Å². The number of nitrogens with zero attached hydrogens (tertiary/aromatic N) is 3. The monoisotopic (exact) mass is 282 g/mol. The van der Waals surface area contributed by atoms with Crippen LogP contribution in [0.4, 0.5) is 5.95 Å². The van der Waals surface area contributed by atoms with Gasteiger partial charge in [-0.2, -0.15) is 0 Å². The highest BCUT2D eigenvalue weighted by Crippen LogP contribution is 2.16. The standard InChI is InChI=1S/C17H22N4/c1-13-3-2-4-14(11-13)12-16-5-8-19-17(20-16)21-9-6-15(18)7-10-21/h2-5,8,11,15H,6-7,9-10,12,18H2,1H3. The maximum absolute atomic E-state index is 5.95. The van der Waals surface area contributed by atoms with E-state index in [1.54, 1.807) is 0 Å². The second-order valence-electron chi connectivity index (χ2n) is 5.84. The van der Waals surface area contributed by atoms with Crippen molar-refractivity contribution in [2.24, 2.45) is 5.73 Å². The smallest absolute Gasteiger partial charge is 0.225 e. The minimum Gasteiger partial charge on any atom is -0.341 e. The minimum absolute atomic E-state index is 0.330. The molecule has 0 radical (unpaired) electrons. The van der Waals surface area contributed by atoms with Crippen LogP contribution in [-0.2, 0) is 6.42 Å². The van der Waals surface area contributed by atoms with Crippen molar-refractivity contribution in [1.29, 1.82) is 0 Å². The number of anilines is 1. The second kappa shape index (κ2) is 6.22. The first kappa shape index (κ1) is 14.0. The molecule has 3 rings (SSSR count). The molecule has 0 spiro atoms. The van der Waals surface area contributed by atoms with Crippen LogP contribution in [0.15, 0.2) is 36.5 Å². The molecule has 2 N–H and O–H groups in total. The van der Waals surface area contributed by atoms with Gasteiger partial charge in [-0.1, -0.05) is 29.8 Å². The van der Waals surface area contributed by atoms with Gasteiger partial charge in [0, 0.05) is 31.7 Å². The molecule has 2 aromatic rings. The summed E-state index contributed by atoms with van der Waals surface area (Å²) >= 11 is 0. The van der Waals surface area contributed by atoms with Gasteiger partial charge in [0.25, 0.3) is 0 Å². The summed E-state index contributed by atoms with van der Waals surface area (Å²) in [6.45, 7) is 4.02. The van der Waals surface area contributed by atoms with Crippen molar-refractivity contribution >= 4 is 5.95 Å². The Hall–Kier alpha value is -1.94. The SMILES string of the molecule is Cc1cccc(Cc2ccnc(N3CCC(N)CC3)n2)c1. The van der Waals surface area contributed by atoms with Crippen LogP contribution < -0.4 is 10.6 Å². The lowest BCUT2D eigenvalue weighted by molar-refractivity contribution is 0.495. The molecule has 1 aliphatic heterocycles. The molecule has 0 amide bonds. The van der Waals surface area contributed by atoms with Gasteiger partial charge in [0.2, 0.25) is 5.95 Å². The molecule has 1 fully saturated rings. The first-order valence-electron chi connectivity index (χ1n) is 7.59. The van der Waals surface area contributed by atoms with E-state index in [0.717, 1.165) is 44.0 Å². The van der Waals surface area contributed by atoms with Gasteiger partial charge in [-0.3, -0.25) is 0 Å². The van der Waals surface area contributed by atoms with Gasteiger partial charge in [0.05, 0.1) is 5.69 Å². The Morgan fingerprint density at radius 2 is 2.05 bits per heavy atom. The molecule has 110 valence electrons. The molecule has 0 unspecified atom stereocenters. The molecule has 1 aliphatic rings. The van der Waals surface area contributed by atoms with E-state index in [0.29, 0.717) is 6.04 Å². The fourth-order valence-corrected chi connectivity index (χ4v) is 2.77. The molecule has 0 atom stereocenters. The molecule has 21 heavy (non-hydrogen) atoms. The third-order valence-electron chi connectivity index (χ3n) is 3.99. The molecule has 4 nitrogen and oxygen atoms in total. The van der Waals surface area contributed by atoms with Crippen LogP contribution in [0.3, 0.4) is 0 Å². The van der Waals surface area contributed by atoms with Gasteiger partial charge in [0.15, 0.2) is 0 Å². The van der Waals surface area contributed by atoms with Crippen molar-refractivity contribution in [2.45, 2.75) is 32.2 Å². The average molecular weight is 282 g/mol. The predicted octanol–water partition coefficient (Wildman–Crippen LogP) is 2.30. The number of hydrogen-bond acceptors (Lipinski definition) is 4. The Bertz CT molecular complexity index is 603. The van der Waals surface area contributed by atoms with Crippen LogP contribution in [0, 0.1) is 6.92 Å². The topological polar surface area (TPSA) is 55.0 Å². The van der Waals surface area contributed by atoms with Crippen LogP contribution in [0.2, 0.25) is 0 Å². The lowest BCUT2D eigenvalue weighted by Crippen LogP contribution is -2.40. The third-order valence-corrected chi connectivity index (χ3v) is 3.99. The quantitative estimate of drug-likeness (QED) is 0.938. The molecular formula is C17H22N4. The molecule has 0 saturated carbocycles. The number of aryl methyl sites for hydroxylation is 1. The summed E-state index contributed by atoms with van der Waals surface area (Å²) in [5.74, 6) is 0.840. The third kappa shape index (κ3) is 3.58. The van der Waals surface area contributed by atoms with E-state index < -0.39 is 0 Å². The van der Waals surface area contributed by atoms with E-state index in [9.17, 15) is 0 Å². The van der Waals surface area contributed by atoms with Crippen molar-refractivity contribution in [1.82, 2.24) is 9.97 Å². The van der Waals surface area contributed by atoms with Crippen molar-refractivity contribution in [2.75, 3.05) is 18.0 Å². The number of nitrogens with two attached hydrogens (primary N) is 1. The fraction of sp³-hybridized carbons (Fsp3) is 0.412. The molecule has 2 heterocycles. The highest BCUT2D eigenvalue weighted by molar-refractivity contribution is 5.33. The number of piperidine rings is 1. The maximum Gasteiger partial charge on any atom is 0.225 e. The molecule has 4 heteroatoms. The first-order chi connectivity index (χ1) is 10.2. The minimum atomic E-state index is 0.330. The predicted molar refractivity (Wildman–Crippen MR) is 85.4 cm³/mol. The van der Waals surface area contributed by atoms with E-state index in [-0.39, 0.29) is 0 Å². The van der Waals surface area contributed by atoms with Gasteiger partial charge >= 0.3 is 0 Å². The highest BCUT2D eigenvalue weighted by Gasteiger charge is 2.18. The van der Waals surface area contributed by atoms with E-state index in [1.807, 2.05) is 12.3 Å². The van der Waals surface area contributed by atoms with Crippen molar-refractivity contribution in [3.63, 3.8) is 0 Å². The van der Waals surface area contributed by atoms with Gasteiger partial charge in [-0.25, -0.2) is 9.97 Å². The number of hydrogen-bond donors (Lipinski definition) is 1. The lowest BCUT2D eigenvalue weighted by atomic mass is 10.1. The summed E-state index contributed by atoms with van der Waals surface area (Å²) in [4.78, 5) is 11.4. The van der Waals surface area contributed by atoms with E-state index >= 15 is 0 Å². The van der Waals surface area contributed by atoms with E-state index in [1.165, 1.54) is 11.1 Å². The number of benzene rings is 1. The van der Waals surface area contributed by atoms with Crippen molar-refractivity contribution < 1.29 is 0 Å². The van der Waals surface area contributed by atoms with Crippen LogP contribution in [0.25, 0.3) is 0 Å². The largest absolute Gasteiger partial charge is 0.341 e. The summed E-state index contributed by atoms with van der Waals surface area (Å²) in [7, 11) is 0. The van der Waals surface area contributed by atoms with Crippen LogP contribution in [-0.4, -0.2) is 29.1 Å². The highest BCUT2D eigenvalue weighted by atomic mass is 15.3. The molecule has 0 aliphatic carbocycles. The van der Waals surface area contributed by atoms with Gasteiger partial charge < -0.3 is 10.6 Å². The van der Waals surface area contributed by atoms with Crippen molar-refractivity contribution in [3.05, 3.63) is 53.3 Å². The maximum atomic E-state index is 5.95. The Morgan fingerprint density at radius 3 is 2.81 bits per heavy atom. The summed E-state index contributed by atoms with van der Waals surface area (Å²) < 4.78 is 0. The Morgan fingerprint density at radius 1 is 1.24 bits per heavy atom. The normalized spacial score (nSPS) is 16.2. The molecular weight excluding hydrogens is 260 g/mol. The summed E-state index contributed by atoms with van der Waals surface area (Å²) in [5, 5.41) is 0. The van der Waals surface area contributed by atoms with Crippen LogP contribution in [0.5, 0.6) is 0 Å². The molecule has 1 aromatic carbocycles. The zero-order valence-electron chi connectivity index (χ0n) is 12.5. The Balaban J connectivity index is 1.74. The summed E-state index contributed by atoms with van der Waals surface area (Å²) in [6, 6.07) is 10.9. The summed E-state index contributed by atoms with van der Waals surface area (Å²) in [5.41, 5.74) is 9.60. The lowest BCUT2D eigenvalue weighted by Gasteiger charge is -2.30. The molecule has 0 bridgehead atoms. The van der Waals surface area contributed by atoms with Gasteiger partial charge in [-0.05, 0) is 31.4 Å². The first-order valence-corrected chi connectivity index (χ1v) is 7.59. The van der Waals surface area contributed by atoms with E-state index in [2.05, 4.69) is 41.1 Å². The number of rotatable bonds is 3. The fourth-order valence-electron chi connectivity index (χ4n) is 2.77. The van der Waals surface area contributed by atoms with Gasteiger partial charge in [0.1, 0.15) is 0 Å². The Kier molecular flexibility index (Phi) is 4.15. The Labute approximate surface area is 126 Å². The zero-order valence-corrected chi connectivity index (χ0v) is 12.5. The van der Waals surface area contributed by atoms with Crippen molar-refractivity contribution in [3.8, 4) is 0 Å². The zero-order chi connectivity index (χ0) is 14.7.